The first-order valence-electron chi connectivity index (χ1n) is 7.86. The van der Waals surface area contributed by atoms with Crippen LogP contribution in [0.5, 0.6) is 0 Å². The summed E-state index contributed by atoms with van der Waals surface area (Å²) in [6.07, 6.45) is -4.61. The zero-order valence-corrected chi connectivity index (χ0v) is 16.0. The van der Waals surface area contributed by atoms with Crippen molar-refractivity contribution in [1.82, 2.24) is 3.97 Å². The van der Waals surface area contributed by atoms with Gasteiger partial charge < -0.3 is 0 Å². The van der Waals surface area contributed by atoms with E-state index >= 15 is 0 Å². The summed E-state index contributed by atoms with van der Waals surface area (Å²) in [4.78, 5) is -0.106. The zero-order chi connectivity index (χ0) is 20.7. The van der Waals surface area contributed by atoms with E-state index in [9.17, 15) is 25.8 Å². The number of benzene rings is 2. The van der Waals surface area contributed by atoms with Gasteiger partial charge in [0.2, 0.25) is 0 Å². The lowest BCUT2D eigenvalue weighted by atomic mass is 10.1. The van der Waals surface area contributed by atoms with Gasteiger partial charge in [-0.2, -0.15) is 18.4 Å². The Kier molecular flexibility index (Phi) is 5.08. The summed E-state index contributed by atoms with van der Waals surface area (Å²) in [6, 6.07) is 11.3. The summed E-state index contributed by atoms with van der Waals surface area (Å²) in [5.74, 6) is -0.494. The van der Waals surface area contributed by atoms with Crippen LogP contribution in [0.15, 0.2) is 58.5 Å². The fourth-order valence-corrected chi connectivity index (χ4v) is 5.45. The highest BCUT2D eigenvalue weighted by molar-refractivity contribution is 7.91. The zero-order valence-electron chi connectivity index (χ0n) is 14.4. The molecule has 146 valence electrons. The maximum atomic E-state index is 13.2. The minimum Gasteiger partial charge on any atom is -0.252 e. The summed E-state index contributed by atoms with van der Waals surface area (Å²) in [7, 11) is -6.29. The molecule has 1 atom stereocenters. The van der Waals surface area contributed by atoms with E-state index in [1.54, 1.807) is 25.1 Å². The van der Waals surface area contributed by atoms with Crippen LogP contribution in [0.1, 0.15) is 11.1 Å². The van der Waals surface area contributed by atoms with Crippen LogP contribution in [0.4, 0.5) is 13.2 Å². The Balaban J connectivity index is 2.33. The Bertz CT molecular complexity index is 1220. The summed E-state index contributed by atoms with van der Waals surface area (Å²) >= 11 is 0. The fourth-order valence-electron chi connectivity index (χ4n) is 2.70. The molecule has 0 radical (unpaired) electrons. The first-order valence-corrected chi connectivity index (χ1v) is 10.6. The van der Waals surface area contributed by atoms with Crippen molar-refractivity contribution in [3.63, 3.8) is 0 Å². The first-order chi connectivity index (χ1) is 13.1. The van der Waals surface area contributed by atoms with Crippen LogP contribution in [0.3, 0.4) is 0 Å². The number of aryl methyl sites for hydroxylation is 1. The normalized spacial score (nSPS) is 13.4. The lowest BCUT2D eigenvalue weighted by Crippen LogP contribution is -2.17. The number of hydrogen-bond acceptors (Lipinski definition) is 4. The van der Waals surface area contributed by atoms with Gasteiger partial charge in [-0.25, -0.2) is 12.4 Å². The van der Waals surface area contributed by atoms with Gasteiger partial charge in [0, 0.05) is 5.39 Å². The van der Waals surface area contributed by atoms with Crippen LogP contribution in [-0.4, -0.2) is 22.4 Å². The average molecular weight is 426 g/mol. The number of halogens is 3. The highest BCUT2D eigenvalue weighted by atomic mass is 32.2. The van der Waals surface area contributed by atoms with Crippen molar-refractivity contribution in [2.45, 2.75) is 23.0 Å². The molecule has 0 aliphatic heterocycles. The molecule has 28 heavy (non-hydrogen) atoms. The molecule has 0 aliphatic carbocycles. The molecule has 1 heterocycles. The van der Waals surface area contributed by atoms with Crippen molar-refractivity contribution in [1.29, 1.82) is 5.26 Å². The predicted molar refractivity (Wildman–Crippen MR) is 97.6 cm³/mol. The third-order valence-corrected chi connectivity index (χ3v) is 7.06. The van der Waals surface area contributed by atoms with Crippen LogP contribution >= 0.6 is 0 Å². The van der Waals surface area contributed by atoms with Gasteiger partial charge in [-0.1, -0.05) is 17.7 Å². The predicted octanol–water partition coefficient (Wildman–Crippen LogP) is 3.84. The molecular weight excluding hydrogens is 413 g/mol. The van der Waals surface area contributed by atoms with Gasteiger partial charge in [-0.3, -0.25) is 4.21 Å². The fraction of sp³-hybridized carbons (Fsp3) is 0.167. The number of rotatable bonds is 4. The molecule has 0 spiro atoms. The highest BCUT2D eigenvalue weighted by Gasteiger charge is 2.32. The van der Waals surface area contributed by atoms with Crippen LogP contribution in [0.25, 0.3) is 10.9 Å². The third-order valence-electron chi connectivity index (χ3n) is 4.04. The van der Waals surface area contributed by atoms with Gasteiger partial charge in [0.1, 0.15) is 10.8 Å². The average Bonchev–Trinajstić information content (AvgIpc) is 3.01. The molecule has 10 heteroatoms. The summed E-state index contributed by atoms with van der Waals surface area (Å²) in [5.41, 5.74) is -0.184. The number of hydrogen-bond donors (Lipinski definition) is 0. The molecule has 0 N–H and O–H groups in total. The van der Waals surface area contributed by atoms with E-state index in [2.05, 4.69) is 0 Å². The standard InChI is InChI=1S/C18H13F3N2O3S2/c1-12-2-5-15(6-3-12)28(25,26)23-16-7-4-14(18(19,20)21)10-13(16)11-17(23)27(24)9-8-22/h2-7,10-11H,9H2,1H3. The number of fused-ring (bicyclic) bond motifs is 1. The minimum atomic E-state index is -4.61. The largest absolute Gasteiger partial charge is 0.416 e. The number of nitriles is 1. The summed E-state index contributed by atoms with van der Waals surface area (Å²) < 4.78 is 78.5. The topological polar surface area (TPSA) is 79.9 Å². The molecule has 1 unspecified atom stereocenters. The van der Waals surface area contributed by atoms with Gasteiger partial charge in [-0.15, -0.1) is 0 Å². The molecule has 0 fully saturated rings. The SMILES string of the molecule is Cc1ccc(S(=O)(=O)n2c(S(=O)CC#N)cc3cc(C(F)(F)F)ccc32)cc1. The van der Waals surface area contributed by atoms with Crippen molar-refractivity contribution in [2.75, 3.05) is 5.75 Å². The minimum absolute atomic E-state index is 0.0354. The molecule has 0 amide bonds. The summed E-state index contributed by atoms with van der Waals surface area (Å²) in [6.45, 7) is 1.77. The van der Waals surface area contributed by atoms with Crippen molar-refractivity contribution in [3.05, 3.63) is 59.7 Å². The number of alkyl halides is 3. The molecule has 3 rings (SSSR count). The molecule has 0 saturated heterocycles. The van der Waals surface area contributed by atoms with Gasteiger partial charge in [-0.05, 0) is 43.3 Å². The van der Waals surface area contributed by atoms with E-state index in [0.29, 0.717) is 0 Å². The Morgan fingerprint density at radius 3 is 2.32 bits per heavy atom. The maximum absolute atomic E-state index is 13.2. The van der Waals surface area contributed by atoms with Crippen molar-refractivity contribution >= 4 is 31.7 Å². The molecule has 0 bridgehead atoms. The van der Waals surface area contributed by atoms with E-state index in [1.165, 1.54) is 12.1 Å². The van der Waals surface area contributed by atoms with Crippen molar-refractivity contribution in [3.8, 4) is 6.07 Å². The molecule has 0 aliphatic rings. The Hall–Kier alpha value is -2.64. The molecule has 0 saturated carbocycles. The van der Waals surface area contributed by atoms with Gasteiger partial charge in [0.25, 0.3) is 10.0 Å². The molecule has 2 aromatic carbocycles. The van der Waals surface area contributed by atoms with E-state index in [-0.39, 0.29) is 20.8 Å². The third kappa shape index (κ3) is 3.55. The number of nitrogens with zero attached hydrogens (tertiary/aromatic N) is 2. The second-order valence-corrected chi connectivity index (χ2v) is 9.17. The smallest absolute Gasteiger partial charge is 0.252 e. The lowest BCUT2D eigenvalue weighted by molar-refractivity contribution is -0.137. The highest BCUT2D eigenvalue weighted by Crippen LogP contribution is 2.34. The monoisotopic (exact) mass is 426 g/mol. The molecule has 5 nitrogen and oxygen atoms in total. The Morgan fingerprint density at radius 2 is 1.75 bits per heavy atom. The Morgan fingerprint density at radius 1 is 1.11 bits per heavy atom. The van der Waals surface area contributed by atoms with Gasteiger partial charge >= 0.3 is 6.18 Å². The van der Waals surface area contributed by atoms with E-state index in [4.69, 9.17) is 5.26 Å². The lowest BCUT2D eigenvalue weighted by Gasteiger charge is -2.12. The quantitative estimate of drug-likeness (QED) is 0.635. The second kappa shape index (κ2) is 7.07. The molecule has 1 aromatic heterocycles. The van der Waals surface area contributed by atoms with Crippen LogP contribution in [0.2, 0.25) is 0 Å². The first kappa shape index (κ1) is 20.1. The Labute approximate surface area is 161 Å². The maximum Gasteiger partial charge on any atom is 0.416 e. The second-order valence-electron chi connectivity index (χ2n) is 5.98. The van der Waals surface area contributed by atoms with Gasteiger partial charge in [0.05, 0.1) is 32.8 Å². The van der Waals surface area contributed by atoms with Crippen molar-refractivity contribution in [2.24, 2.45) is 0 Å². The summed E-state index contributed by atoms with van der Waals surface area (Å²) in [5, 5.41) is 8.53. The van der Waals surface area contributed by atoms with E-state index in [1.807, 2.05) is 0 Å². The van der Waals surface area contributed by atoms with Crippen LogP contribution in [0, 0.1) is 18.3 Å². The van der Waals surface area contributed by atoms with Crippen LogP contribution in [-0.2, 0) is 27.0 Å². The van der Waals surface area contributed by atoms with E-state index in [0.717, 1.165) is 33.8 Å². The molecular formula is C18H13F3N2O3S2. The molecule has 3 aromatic rings. The number of aromatic nitrogens is 1. The van der Waals surface area contributed by atoms with Gasteiger partial charge in [0.15, 0.2) is 0 Å². The van der Waals surface area contributed by atoms with Crippen molar-refractivity contribution < 1.29 is 25.8 Å². The van der Waals surface area contributed by atoms with E-state index < -0.39 is 38.3 Å². The van der Waals surface area contributed by atoms with Crippen LogP contribution < -0.4 is 0 Å².